The molecule has 148 valence electrons. The fourth-order valence-electron chi connectivity index (χ4n) is 2.57. The van der Waals surface area contributed by atoms with Crippen LogP contribution in [0.1, 0.15) is 20.7 Å². The number of halogens is 2. The van der Waals surface area contributed by atoms with Crippen LogP contribution in [0.15, 0.2) is 47.8 Å². The minimum atomic E-state index is -0.678. The largest absolute Gasteiger partial charge is 0.465 e. The lowest BCUT2D eigenvalue weighted by atomic mass is 10.0. The van der Waals surface area contributed by atoms with Crippen molar-refractivity contribution in [2.75, 3.05) is 12.4 Å². The van der Waals surface area contributed by atoms with Gasteiger partial charge < -0.3 is 10.1 Å². The molecule has 3 aromatic rings. The van der Waals surface area contributed by atoms with Gasteiger partial charge in [0, 0.05) is 22.6 Å². The number of amides is 1. The number of carbonyl (C=O) groups is 2. The summed E-state index contributed by atoms with van der Waals surface area (Å²) in [7, 11) is 1.20. The van der Waals surface area contributed by atoms with E-state index in [9.17, 15) is 24.1 Å². The van der Waals surface area contributed by atoms with Crippen molar-refractivity contribution in [3.63, 3.8) is 0 Å². The van der Waals surface area contributed by atoms with Crippen LogP contribution in [0, 0.1) is 15.9 Å². The van der Waals surface area contributed by atoms with Gasteiger partial charge in [-0.15, -0.1) is 11.3 Å². The number of carbonyl (C=O) groups excluding carboxylic acids is 2. The van der Waals surface area contributed by atoms with Crippen molar-refractivity contribution in [3.05, 3.63) is 79.9 Å². The first-order valence-corrected chi connectivity index (χ1v) is 9.28. The summed E-state index contributed by atoms with van der Waals surface area (Å²) in [5, 5.41) is 15.1. The number of hydrogen-bond donors (Lipinski definition) is 1. The summed E-state index contributed by atoms with van der Waals surface area (Å²) in [5.74, 6) is -1.71. The minimum Gasteiger partial charge on any atom is -0.465 e. The third-order valence-electron chi connectivity index (χ3n) is 3.97. The van der Waals surface area contributed by atoms with E-state index in [2.05, 4.69) is 5.32 Å². The Bertz CT molecular complexity index is 1110. The molecule has 0 fully saturated rings. The number of thiophene rings is 1. The first-order chi connectivity index (χ1) is 13.8. The summed E-state index contributed by atoms with van der Waals surface area (Å²) < 4.78 is 18.0. The maximum Gasteiger partial charge on any atom is 0.341 e. The fourth-order valence-corrected chi connectivity index (χ4v) is 3.77. The predicted octanol–water partition coefficient (Wildman–Crippen LogP) is 5.15. The Balaban J connectivity index is 1.96. The lowest BCUT2D eigenvalue weighted by Crippen LogP contribution is -2.14. The molecule has 29 heavy (non-hydrogen) atoms. The Morgan fingerprint density at radius 1 is 1.21 bits per heavy atom. The molecule has 0 aliphatic carbocycles. The highest BCUT2D eigenvalue weighted by Gasteiger charge is 2.23. The van der Waals surface area contributed by atoms with Crippen molar-refractivity contribution < 1.29 is 23.6 Å². The second-order valence-corrected chi connectivity index (χ2v) is 7.02. The maximum absolute atomic E-state index is 13.2. The molecule has 1 heterocycles. The molecule has 0 atom stereocenters. The van der Waals surface area contributed by atoms with Crippen molar-refractivity contribution in [2.45, 2.75) is 0 Å². The van der Waals surface area contributed by atoms with E-state index in [1.54, 1.807) is 5.38 Å². The van der Waals surface area contributed by atoms with Crippen LogP contribution < -0.4 is 5.32 Å². The number of ether oxygens (including phenoxy) is 1. The molecule has 7 nitrogen and oxygen atoms in total. The molecule has 1 aromatic heterocycles. The van der Waals surface area contributed by atoms with Crippen molar-refractivity contribution in [1.82, 2.24) is 0 Å². The zero-order chi connectivity index (χ0) is 21.1. The quantitative estimate of drug-likeness (QED) is 0.340. The van der Waals surface area contributed by atoms with Crippen LogP contribution in [0.25, 0.3) is 11.1 Å². The number of benzene rings is 2. The van der Waals surface area contributed by atoms with E-state index in [1.165, 1.54) is 43.5 Å². The van der Waals surface area contributed by atoms with Gasteiger partial charge in [-0.2, -0.15) is 0 Å². The van der Waals surface area contributed by atoms with Gasteiger partial charge in [0.15, 0.2) is 0 Å². The van der Waals surface area contributed by atoms with Crippen LogP contribution in [0.4, 0.5) is 15.1 Å². The van der Waals surface area contributed by atoms with E-state index in [0.717, 1.165) is 17.4 Å². The highest BCUT2D eigenvalue weighted by Crippen LogP contribution is 2.36. The Morgan fingerprint density at radius 2 is 1.90 bits per heavy atom. The van der Waals surface area contributed by atoms with Crippen LogP contribution in [0.3, 0.4) is 0 Å². The van der Waals surface area contributed by atoms with Crippen molar-refractivity contribution in [1.29, 1.82) is 0 Å². The van der Waals surface area contributed by atoms with E-state index in [1.807, 2.05) is 0 Å². The Hall–Kier alpha value is -3.30. The number of rotatable bonds is 5. The van der Waals surface area contributed by atoms with Crippen LogP contribution in [-0.4, -0.2) is 23.9 Å². The molecule has 0 radical (unpaired) electrons. The van der Waals surface area contributed by atoms with Gasteiger partial charge in [0.2, 0.25) is 0 Å². The zero-order valence-corrected chi connectivity index (χ0v) is 16.3. The topological polar surface area (TPSA) is 98.5 Å². The van der Waals surface area contributed by atoms with Gasteiger partial charge >= 0.3 is 5.97 Å². The molecule has 0 unspecified atom stereocenters. The van der Waals surface area contributed by atoms with Gasteiger partial charge in [-0.25, -0.2) is 9.18 Å². The highest BCUT2D eigenvalue weighted by molar-refractivity contribution is 7.15. The molecule has 0 spiro atoms. The molecule has 2 aromatic carbocycles. The smallest absolute Gasteiger partial charge is 0.341 e. The summed E-state index contributed by atoms with van der Waals surface area (Å²) in [6, 6.07) is 9.07. The number of hydrogen-bond acceptors (Lipinski definition) is 6. The van der Waals surface area contributed by atoms with E-state index in [4.69, 9.17) is 16.3 Å². The number of nitrogens with zero attached hydrogens (tertiary/aromatic N) is 1. The zero-order valence-electron chi connectivity index (χ0n) is 14.8. The maximum atomic E-state index is 13.2. The molecule has 3 rings (SSSR count). The SMILES string of the molecule is COC(=O)c1c(-c2ccc(F)cc2)csc1NC(=O)c1ccc([N+](=O)[O-])c(Cl)c1. The molecule has 1 amide bonds. The molecular formula is C19H12ClFN2O5S. The third-order valence-corrected chi connectivity index (χ3v) is 5.17. The lowest BCUT2D eigenvalue weighted by molar-refractivity contribution is -0.384. The molecule has 0 bridgehead atoms. The lowest BCUT2D eigenvalue weighted by Gasteiger charge is -2.08. The summed E-state index contributed by atoms with van der Waals surface area (Å²) >= 11 is 6.94. The van der Waals surface area contributed by atoms with Gasteiger partial charge in [-0.3, -0.25) is 14.9 Å². The molecule has 1 N–H and O–H groups in total. The molecule has 0 aliphatic rings. The second-order valence-electron chi connectivity index (χ2n) is 5.73. The summed E-state index contributed by atoms with van der Waals surface area (Å²) in [6.45, 7) is 0. The first-order valence-electron chi connectivity index (χ1n) is 8.03. The number of nitro groups is 1. The predicted molar refractivity (Wildman–Crippen MR) is 107 cm³/mol. The van der Waals surface area contributed by atoms with Gasteiger partial charge in [-0.05, 0) is 29.8 Å². The van der Waals surface area contributed by atoms with E-state index >= 15 is 0 Å². The average molecular weight is 435 g/mol. The van der Waals surface area contributed by atoms with Gasteiger partial charge in [0.05, 0.1) is 12.0 Å². The average Bonchev–Trinajstić information content (AvgIpc) is 3.11. The Kier molecular flexibility index (Phi) is 5.90. The second kappa shape index (κ2) is 8.38. The van der Waals surface area contributed by atoms with E-state index in [-0.39, 0.29) is 26.8 Å². The molecule has 0 saturated heterocycles. The standard InChI is InChI=1S/C19H12ClFN2O5S/c1-28-19(25)16-13(10-2-5-12(21)6-3-10)9-29-18(16)22-17(24)11-4-7-15(23(26)27)14(20)8-11/h2-9H,1H3,(H,22,24). The van der Waals surface area contributed by atoms with Crippen molar-refractivity contribution >= 4 is 45.5 Å². The number of esters is 1. The summed E-state index contributed by atoms with van der Waals surface area (Å²) in [4.78, 5) is 35.1. The normalized spacial score (nSPS) is 10.4. The molecule has 10 heteroatoms. The number of nitro benzene ring substituents is 1. The van der Waals surface area contributed by atoms with Gasteiger partial charge in [0.1, 0.15) is 21.4 Å². The Labute approximate surface area is 172 Å². The number of anilines is 1. The first kappa shape index (κ1) is 20.4. The van der Waals surface area contributed by atoms with E-state index < -0.39 is 22.6 Å². The number of methoxy groups -OCH3 is 1. The van der Waals surface area contributed by atoms with E-state index in [0.29, 0.717) is 11.1 Å². The van der Waals surface area contributed by atoms with Gasteiger partial charge in [0.25, 0.3) is 11.6 Å². The molecule has 0 saturated carbocycles. The summed E-state index contributed by atoms with van der Waals surface area (Å²) in [5.41, 5.74) is 0.910. The van der Waals surface area contributed by atoms with Gasteiger partial charge in [-0.1, -0.05) is 23.7 Å². The summed E-state index contributed by atoms with van der Waals surface area (Å²) in [6.07, 6.45) is 0. The van der Waals surface area contributed by atoms with Crippen LogP contribution in [0.2, 0.25) is 5.02 Å². The highest BCUT2D eigenvalue weighted by atomic mass is 35.5. The van der Waals surface area contributed by atoms with Crippen LogP contribution >= 0.6 is 22.9 Å². The van der Waals surface area contributed by atoms with Crippen molar-refractivity contribution in [3.8, 4) is 11.1 Å². The third kappa shape index (κ3) is 4.25. The molecule has 0 aliphatic heterocycles. The van der Waals surface area contributed by atoms with Crippen LogP contribution in [0.5, 0.6) is 0 Å². The number of nitrogens with one attached hydrogen (secondary N) is 1. The Morgan fingerprint density at radius 3 is 2.48 bits per heavy atom. The fraction of sp³-hybridized carbons (Fsp3) is 0.0526. The monoisotopic (exact) mass is 434 g/mol. The minimum absolute atomic E-state index is 0.0770. The van der Waals surface area contributed by atoms with Crippen LogP contribution in [-0.2, 0) is 4.74 Å². The van der Waals surface area contributed by atoms with Crippen molar-refractivity contribution in [2.24, 2.45) is 0 Å². The molecular weight excluding hydrogens is 423 g/mol.